The summed E-state index contributed by atoms with van der Waals surface area (Å²) in [7, 11) is 0. The van der Waals surface area contributed by atoms with Gasteiger partial charge in [0.1, 0.15) is 0 Å². The first-order valence-electron chi connectivity index (χ1n) is 6.74. The maximum Gasteiger partial charge on any atom is 0.0674 e. The van der Waals surface area contributed by atoms with Crippen molar-refractivity contribution in [3.63, 3.8) is 0 Å². The van der Waals surface area contributed by atoms with Crippen LogP contribution in [-0.4, -0.2) is 41.7 Å². The van der Waals surface area contributed by atoms with Gasteiger partial charge in [0, 0.05) is 24.8 Å². The van der Waals surface area contributed by atoms with Crippen LogP contribution in [0, 0.1) is 0 Å². The van der Waals surface area contributed by atoms with Crippen LogP contribution < -0.4 is 5.73 Å². The Morgan fingerprint density at radius 1 is 1.56 bits per heavy atom. The van der Waals surface area contributed by atoms with Crippen molar-refractivity contribution >= 4 is 0 Å². The normalized spacial score (nSPS) is 24.7. The highest BCUT2D eigenvalue weighted by molar-refractivity contribution is 5.12. The number of morpholine rings is 1. The van der Waals surface area contributed by atoms with Crippen molar-refractivity contribution in [2.45, 2.75) is 38.4 Å². The number of pyridine rings is 1. The number of nitrogens with two attached hydrogens (primary N) is 1. The van der Waals surface area contributed by atoms with E-state index in [0.29, 0.717) is 6.04 Å². The van der Waals surface area contributed by atoms with Crippen LogP contribution >= 0.6 is 0 Å². The summed E-state index contributed by atoms with van der Waals surface area (Å²) in [6.45, 7) is 6.77. The monoisotopic (exact) mass is 249 g/mol. The van der Waals surface area contributed by atoms with E-state index in [0.717, 1.165) is 31.9 Å². The van der Waals surface area contributed by atoms with Crippen LogP contribution in [0.5, 0.6) is 0 Å². The lowest BCUT2D eigenvalue weighted by molar-refractivity contribution is -0.0357. The Labute approximate surface area is 109 Å². The SMILES string of the molecule is CCC1COCCN1C(c1ccccn1)C(C)N. The van der Waals surface area contributed by atoms with Gasteiger partial charge in [-0.15, -0.1) is 0 Å². The van der Waals surface area contributed by atoms with Gasteiger partial charge < -0.3 is 10.5 Å². The summed E-state index contributed by atoms with van der Waals surface area (Å²) >= 11 is 0. The first-order chi connectivity index (χ1) is 8.74. The molecular formula is C14H23N3O. The molecule has 0 aromatic carbocycles. The number of aromatic nitrogens is 1. The van der Waals surface area contributed by atoms with Gasteiger partial charge in [-0.05, 0) is 25.5 Å². The Hall–Kier alpha value is -0.970. The summed E-state index contributed by atoms with van der Waals surface area (Å²) in [4.78, 5) is 6.94. The molecule has 1 aliphatic heterocycles. The molecule has 3 unspecified atom stereocenters. The molecule has 0 spiro atoms. The van der Waals surface area contributed by atoms with Gasteiger partial charge in [-0.2, -0.15) is 0 Å². The maximum atomic E-state index is 6.19. The first-order valence-corrected chi connectivity index (χ1v) is 6.74. The molecule has 0 aliphatic carbocycles. The van der Waals surface area contributed by atoms with Gasteiger partial charge in [0.15, 0.2) is 0 Å². The Balaban J connectivity index is 2.24. The van der Waals surface area contributed by atoms with Crippen LogP contribution in [0.4, 0.5) is 0 Å². The fourth-order valence-electron chi connectivity index (χ4n) is 2.68. The fourth-order valence-corrected chi connectivity index (χ4v) is 2.68. The van der Waals surface area contributed by atoms with E-state index in [9.17, 15) is 0 Å². The standard InChI is InChI=1S/C14H23N3O/c1-3-12-10-18-9-8-17(12)14(11(2)15)13-6-4-5-7-16-13/h4-7,11-12,14H,3,8-10,15H2,1-2H3. The lowest BCUT2D eigenvalue weighted by Crippen LogP contribution is -2.51. The molecule has 1 aromatic heterocycles. The Kier molecular flexibility index (Phi) is 4.69. The molecule has 1 aliphatic rings. The van der Waals surface area contributed by atoms with Crippen molar-refractivity contribution in [3.05, 3.63) is 30.1 Å². The van der Waals surface area contributed by atoms with E-state index in [-0.39, 0.29) is 12.1 Å². The molecule has 2 heterocycles. The summed E-state index contributed by atoms with van der Waals surface area (Å²) in [5.41, 5.74) is 7.26. The Morgan fingerprint density at radius 2 is 2.39 bits per heavy atom. The van der Waals surface area contributed by atoms with Crippen LogP contribution in [0.25, 0.3) is 0 Å². The predicted octanol–water partition coefficient (Wildman–Crippen LogP) is 1.58. The van der Waals surface area contributed by atoms with E-state index < -0.39 is 0 Å². The van der Waals surface area contributed by atoms with Crippen molar-refractivity contribution in [1.82, 2.24) is 9.88 Å². The highest BCUT2D eigenvalue weighted by atomic mass is 16.5. The predicted molar refractivity (Wildman–Crippen MR) is 72.2 cm³/mol. The van der Waals surface area contributed by atoms with E-state index in [1.165, 1.54) is 0 Å². The zero-order valence-corrected chi connectivity index (χ0v) is 11.2. The smallest absolute Gasteiger partial charge is 0.0674 e. The number of rotatable bonds is 4. The zero-order chi connectivity index (χ0) is 13.0. The summed E-state index contributed by atoms with van der Waals surface area (Å²) in [6.07, 6.45) is 2.92. The topological polar surface area (TPSA) is 51.4 Å². The second-order valence-corrected chi connectivity index (χ2v) is 4.93. The molecule has 3 atom stereocenters. The number of nitrogens with zero attached hydrogens (tertiary/aromatic N) is 2. The average Bonchev–Trinajstić information content (AvgIpc) is 2.40. The van der Waals surface area contributed by atoms with Gasteiger partial charge >= 0.3 is 0 Å². The van der Waals surface area contributed by atoms with E-state index in [1.54, 1.807) is 0 Å². The molecule has 18 heavy (non-hydrogen) atoms. The minimum Gasteiger partial charge on any atom is -0.378 e. The van der Waals surface area contributed by atoms with Gasteiger partial charge in [-0.25, -0.2) is 0 Å². The maximum absolute atomic E-state index is 6.19. The fraction of sp³-hybridized carbons (Fsp3) is 0.643. The molecule has 2 N–H and O–H groups in total. The van der Waals surface area contributed by atoms with Crippen molar-refractivity contribution < 1.29 is 4.74 Å². The van der Waals surface area contributed by atoms with Gasteiger partial charge in [0.05, 0.1) is 24.9 Å². The molecule has 0 bridgehead atoms. The Bertz CT molecular complexity index is 355. The third kappa shape index (κ3) is 2.88. The highest BCUT2D eigenvalue weighted by Gasteiger charge is 2.32. The molecule has 4 heteroatoms. The van der Waals surface area contributed by atoms with Crippen LogP contribution in [0.15, 0.2) is 24.4 Å². The van der Waals surface area contributed by atoms with Gasteiger partial charge in [-0.1, -0.05) is 13.0 Å². The van der Waals surface area contributed by atoms with Gasteiger partial charge in [-0.3, -0.25) is 9.88 Å². The molecule has 1 fully saturated rings. The quantitative estimate of drug-likeness (QED) is 0.880. The molecule has 0 saturated carbocycles. The van der Waals surface area contributed by atoms with E-state index in [4.69, 9.17) is 10.5 Å². The van der Waals surface area contributed by atoms with E-state index in [1.807, 2.05) is 18.3 Å². The molecular weight excluding hydrogens is 226 g/mol. The minimum atomic E-state index is 0.0621. The van der Waals surface area contributed by atoms with Crippen molar-refractivity contribution in [1.29, 1.82) is 0 Å². The second kappa shape index (κ2) is 6.27. The van der Waals surface area contributed by atoms with Crippen molar-refractivity contribution in [3.8, 4) is 0 Å². The molecule has 0 amide bonds. The zero-order valence-electron chi connectivity index (χ0n) is 11.2. The summed E-state index contributed by atoms with van der Waals surface area (Å²) < 4.78 is 5.57. The van der Waals surface area contributed by atoms with Crippen molar-refractivity contribution in [2.75, 3.05) is 19.8 Å². The largest absolute Gasteiger partial charge is 0.378 e. The first kappa shape index (κ1) is 13.5. The van der Waals surface area contributed by atoms with Crippen LogP contribution in [0.3, 0.4) is 0 Å². The average molecular weight is 249 g/mol. The van der Waals surface area contributed by atoms with Crippen LogP contribution in [0.1, 0.15) is 32.0 Å². The summed E-state index contributed by atoms with van der Waals surface area (Å²) in [5, 5.41) is 0. The van der Waals surface area contributed by atoms with Gasteiger partial charge in [0.2, 0.25) is 0 Å². The molecule has 1 saturated heterocycles. The van der Waals surface area contributed by atoms with Crippen LogP contribution in [0.2, 0.25) is 0 Å². The van der Waals surface area contributed by atoms with E-state index in [2.05, 4.69) is 29.8 Å². The Morgan fingerprint density at radius 3 is 3.00 bits per heavy atom. The third-order valence-electron chi connectivity index (χ3n) is 3.59. The lowest BCUT2D eigenvalue weighted by Gasteiger charge is -2.42. The number of hydrogen-bond donors (Lipinski definition) is 1. The molecule has 100 valence electrons. The van der Waals surface area contributed by atoms with Crippen LogP contribution in [-0.2, 0) is 4.74 Å². The molecule has 0 radical (unpaired) electrons. The third-order valence-corrected chi connectivity index (χ3v) is 3.59. The molecule has 4 nitrogen and oxygen atoms in total. The second-order valence-electron chi connectivity index (χ2n) is 4.93. The number of ether oxygens (including phenoxy) is 1. The van der Waals surface area contributed by atoms with Crippen molar-refractivity contribution in [2.24, 2.45) is 5.73 Å². The van der Waals surface area contributed by atoms with Gasteiger partial charge in [0.25, 0.3) is 0 Å². The molecule has 1 aromatic rings. The van der Waals surface area contributed by atoms with E-state index >= 15 is 0 Å². The summed E-state index contributed by atoms with van der Waals surface area (Å²) in [6, 6.07) is 6.72. The lowest BCUT2D eigenvalue weighted by atomic mass is 10.0. The molecule has 2 rings (SSSR count). The number of hydrogen-bond acceptors (Lipinski definition) is 4. The highest BCUT2D eigenvalue weighted by Crippen LogP contribution is 2.26. The summed E-state index contributed by atoms with van der Waals surface area (Å²) in [5.74, 6) is 0. The minimum absolute atomic E-state index is 0.0621.